The SMILES string of the molecule is CC1CCCN1c1nc(N2C[C@@H]3C(CC(=O)O)[C@@H]3C2)cc(C(F)F)c1C#N. The molecule has 27 heavy (non-hydrogen) atoms. The van der Waals surface area contributed by atoms with Crippen molar-refractivity contribution in [1.82, 2.24) is 4.98 Å². The fourth-order valence-corrected chi connectivity index (χ4v) is 4.78. The maximum Gasteiger partial charge on any atom is 0.303 e. The number of carbonyl (C=O) groups is 1. The highest BCUT2D eigenvalue weighted by atomic mass is 19.3. The molecule has 1 saturated carbocycles. The number of carboxylic acid groups (broad SMARTS) is 1. The van der Waals surface area contributed by atoms with Crippen LogP contribution >= 0.6 is 0 Å². The first-order chi connectivity index (χ1) is 12.9. The molecule has 0 bridgehead atoms. The third kappa shape index (κ3) is 3.09. The van der Waals surface area contributed by atoms with Crippen LogP contribution in [0, 0.1) is 29.1 Å². The molecule has 2 aliphatic heterocycles. The number of piperidine rings is 1. The van der Waals surface area contributed by atoms with Gasteiger partial charge in [-0.2, -0.15) is 5.26 Å². The zero-order valence-electron chi connectivity index (χ0n) is 15.1. The van der Waals surface area contributed by atoms with Gasteiger partial charge in [-0.15, -0.1) is 0 Å². The molecule has 6 nitrogen and oxygen atoms in total. The van der Waals surface area contributed by atoms with Crippen LogP contribution in [0.4, 0.5) is 20.4 Å². The fourth-order valence-electron chi connectivity index (χ4n) is 4.78. The van der Waals surface area contributed by atoms with Crippen LogP contribution in [0.3, 0.4) is 0 Å². The van der Waals surface area contributed by atoms with E-state index in [1.807, 2.05) is 22.8 Å². The average Bonchev–Trinajstić information content (AvgIpc) is 3.00. The van der Waals surface area contributed by atoms with Gasteiger partial charge in [0, 0.05) is 37.7 Å². The number of alkyl halides is 2. The third-order valence-electron chi connectivity index (χ3n) is 6.29. The summed E-state index contributed by atoms with van der Waals surface area (Å²) in [6, 6.07) is 3.44. The number of hydrogen-bond donors (Lipinski definition) is 1. The molecule has 0 aromatic carbocycles. The predicted octanol–water partition coefficient (Wildman–Crippen LogP) is 3.04. The van der Waals surface area contributed by atoms with E-state index in [2.05, 4.69) is 4.98 Å². The lowest BCUT2D eigenvalue weighted by Gasteiger charge is -2.28. The lowest BCUT2D eigenvalue weighted by Crippen LogP contribution is -2.31. The van der Waals surface area contributed by atoms with Gasteiger partial charge < -0.3 is 14.9 Å². The largest absolute Gasteiger partial charge is 0.481 e. The number of nitriles is 1. The van der Waals surface area contributed by atoms with Crippen LogP contribution in [0.25, 0.3) is 0 Å². The molecule has 4 atom stereocenters. The maximum atomic E-state index is 13.7. The number of hydrogen-bond acceptors (Lipinski definition) is 5. The van der Waals surface area contributed by atoms with Gasteiger partial charge in [0.05, 0.1) is 0 Å². The fraction of sp³-hybridized carbons (Fsp3) is 0.632. The molecule has 4 rings (SSSR count). The molecule has 2 saturated heterocycles. The Kier molecular flexibility index (Phi) is 4.41. The standard InChI is InChI=1S/C19H22F2N4O2/c1-10-3-2-4-25(10)19-13(7-22)12(18(20)21)5-16(23-19)24-8-14-11(6-17(26)27)15(14)9-24/h5,10-11,14-15,18H,2-4,6,8-9H2,1H3,(H,26,27)/t10?,11?,14-,15+. The molecule has 1 aromatic heterocycles. The van der Waals surface area contributed by atoms with Crippen molar-refractivity contribution in [3.05, 3.63) is 17.2 Å². The van der Waals surface area contributed by atoms with Crippen molar-refractivity contribution >= 4 is 17.6 Å². The Bertz CT molecular complexity index is 798. The Labute approximate surface area is 156 Å². The number of aliphatic carboxylic acids is 1. The molecule has 0 radical (unpaired) electrons. The Hall–Kier alpha value is -2.43. The van der Waals surface area contributed by atoms with E-state index < -0.39 is 12.4 Å². The van der Waals surface area contributed by atoms with Crippen LogP contribution in [0.5, 0.6) is 0 Å². The van der Waals surface area contributed by atoms with Gasteiger partial charge in [-0.3, -0.25) is 4.79 Å². The molecule has 144 valence electrons. The number of anilines is 2. The summed E-state index contributed by atoms with van der Waals surface area (Å²) in [6.07, 6.45) is -0.670. The zero-order valence-corrected chi connectivity index (χ0v) is 15.1. The van der Waals surface area contributed by atoms with E-state index in [0.29, 0.717) is 43.1 Å². The van der Waals surface area contributed by atoms with Gasteiger partial charge in [0.15, 0.2) is 0 Å². The smallest absolute Gasteiger partial charge is 0.303 e. The summed E-state index contributed by atoms with van der Waals surface area (Å²) in [7, 11) is 0. The van der Waals surface area contributed by atoms with Gasteiger partial charge in [-0.05, 0) is 43.6 Å². The number of nitrogens with zero attached hydrogens (tertiary/aromatic N) is 4. The van der Waals surface area contributed by atoms with Crippen molar-refractivity contribution in [3.8, 4) is 6.07 Å². The highest BCUT2D eigenvalue weighted by Crippen LogP contribution is 2.54. The van der Waals surface area contributed by atoms with E-state index in [-0.39, 0.29) is 29.5 Å². The number of aromatic nitrogens is 1. The van der Waals surface area contributed by atoms with Crippen LogP contribution in [0.1, 0.15) is 43.7 Å². The number of halogens is 2. The molecule has 8 heteroatoms. The van der Waals surface area contributed by atoms with E-state index in [1.165, 1.54) is 6.07 Å². The molecular formula is C19H22F2N4O2. The van der Waals surface area contributed by atoms with Crippen molar-refractivity contribution in [2.24, 2.45) is 17.8 Å². The number of carboxylic acids is 1. The minimum Gasteiger partial charge on any atom is -0.481 e. The van der Waals surface area contributed by atoms with Crippen LogP contribution in [-0.2, 0) is 4.79 Å². The van der Waals surface area contributed by atoms with E-state index in [4.69, 9.17) is 5.11 Å². The molecule has 0 spiro atoms. The molecule has 0 amide bonds. The summed E-state index contributed by atoms with van der Waals surface area (Å²) in [6.45, 7) is 4.01. The van der Waals surface area contributed by atoms with Crippen LogP contribution in [0.15, 0.2) is 6.07 Å². The number of fused-ring (bicyclic) bond motifs is 1. The third-order valence-corrected chi connectivity index (χ3v) is 6.29. The van der Waals surface area contributed by atoms with Crippen molar-refractivity contribution in [2.45, 2.75) is 38.7 Å². The topological polar surface area (TPSA) is 80.5 Å². The summed E-state index contributed by atoms with van der Waals surface area (Å²) in [5, 5.41) is 18.5. The summed E-state index contributed by atoms with van der Waals surface area (Å²) >= 11 is 0. The van der Waals surface area contributed by atoms with E-state index in [1.54, 1.807) is 0 Å². The maximum absolute atomic E-state index is 13.7. The first-order valence-corrected chi connectivity index (χ1v) is 9.37. The Balaban J connectivity index is 1.64. The van der Waals surface area contributed by atoms with Gasteiger partial charge in [0.2, 0.25) is 0 Å². The molecule has 3 fully saturated rings. The van der Waals surface area contributed by atoms with Crippen molar-refractivity contribution < 1.29 is 18.7 Å². The quantitative estimate of drug-likeness (QED) is 0.851. The molecule has 3 aliphatic rings. The van der Waals surface area contributed by atoms with Crippen molar-refractivity contribution in [3.63, 3.8) is 0 Å². The minimum atomic E-state index is -2.74. The molecule has 1 aromatic rings. The van der Waals surface area contributed by atoms with Gasteiger partial charge in [-0.1, -0.05) is 0 Å². The van der Waals surface area contributed by atoms with E-state index in [0.717, 1.165) is 12.8 Å². The Morgan fingerprint density at radius 3 is 2.67 bits per heavy atom. The lowest BCUT2D eigenvalue weighted by atomic mass is 10.1. The van der Waals surface area contributed by atoms with Crippen molar-refractivity contribution in [1.29, 1.82) is 5.26 Å². The zero-order chi connectivity index (χ0) is 19.3. The van der Waals surface area contributed by atoms with Gasteiger partial charge >= 0.3 is 5.97 Å². The minimum absolute atomic E-state index is 0.0318. The van der Waals surface area contributed by atoms with E-state index >= 15 is 0 Å². The summed E-state index contributed by atoms with van der Waals surface area (Å²) in [5.74, 6) is 0.815. The number of pyridine rings is 1. The Morgan fingerprint density at radius 1 is 1.44 bits per heavy atom. The molecule has 2 unspecified atom stereocenters. The summed E-state index contributed by atoms with van der Waals surface area (Å²) in [5.41, 5.74) is -0.296. The highest BCUT2D eigenvalue weighted by molar-refractivity contribution is 5.68. The van der Waals surface area contributed by atoms with Crippen LogP contribution in [0.2, 0.25) is 0 Å². The second-order valence-electron chi connectivity index (χ2n) is 7.86. The van der Waals surface area contributed by atoms with Crippen LogP contribution < -0.4 is 9.80 Å². The summed E-state index contributed by atoms with van der Waals surface area (Å²) < 4.78 is 27.3. The first-order valence-electron chi connectivity index (χ1n) is 9.37. The van der Waals surface area contributed by atoms with Gasteiger partial charge in [0.1, 0.15) is 23.3 Å². The highest BCUT2D eigenvalue weighted by Gasteiger charge is 2.56. The molecule has 3 heterocycles. The lowest BCUT2D eigenvalue weighted by molar-refractivity contribution is -0.137. The number of rotatable bonds is 5. The molecule has 1 aliphatic carbocycles. The predicted molar refractivity (Wildman–Crippen MR) is 94.9 cm³/mol. The van der Waals surface area contributed by atoms with Crippen LogP contribution in [-0.4, -0.2) is 41.7 Å². The van der Waals surface area contributed by atoms with E-state index in [9.17, 15) is 18.8 Å². The van der Waals surface area contributed by atoms with Crippen molar-refractivity contribution in [2.75, 3.05) is 29.4 Å². The first kappa shape index (κ1) is 18.0. The second-order valence-corrected chi connectivity index (χ2v) is 7.86. The normalized spacial score (nSPS) is 29.1. The summed E-state index contributed by atoms with van der Waals surface area (Å²) in [4.78, 5) is 19.4. The van der Waals surface area contributed by atoms with Gasteiger partial charge in [0.25, 0.3) is 6.43 Å². The Morgan fingerprint density at radius 2 is 2.15 bits per heavy atom. The van der Waals surface area contributed by atoms with Gasteiger partial charge in [-0.25, -0.2) is 13.8 Å². The molecular weight excluding hydrogens is 354 g/mol. The molecule has 1 N–H and O–H groups in total. The monoisotopic (exact) mass is 376 g/mol. The average molecular weight is 376 g/mol. The second kappa shape index (κ2) is 6.63.